The molecule has 1 aromatic rings. The Balaban J connectivity index is 2.61. The molecule has 2 amide bonds. The van der Waals surface area contributed by atoms with Gasteiger partial charge in [-0.15, -0.1) is 12.3 Å². The number of amides is 2. The van der Waals surface area contributed by atoms with E-state index in [1.165, 1.54) is 0 Å². The topological polar surface area (TPSA) is 69.6 Å². The van der Waals surface area contributed by atoms with Gasteiger partial charge in [-0.2, -0.15) is 0 Å². The molecule has 0 heterocycles. The maximum Gasteiger partial charge on any atom is 0.321 e. The third kappa shape index (κ3) is 6.48. The second-order valence-corrected chi connectivity index (χ2v) is 4.52. The molecule has 1 rings (SSSR count). The summed E-state index contributed by atoms with van der Waals surface area (Å²) in [6, 6.07) is 8.95. The van der Waals surface area contributed by atoms with E-state index in [1.54, 1.807) is 4.90 Å². The number of nitrogens with zero attached hydrogens (tertiary/aromatic N) is 1. The van der Waals surface area contributed by atoms with Crippen LogP contribution in [0.4, 0.5) is 10.5 Å². The Bertz CT molecular complexity index is 494. The number of rotatable bonds is 8. The molecule has 0 aliphatic heterocycles. The average molecular weight is 288 g/mol. The number of anilines is 1. The van der Waals surface area contributed by atoms with Crippen LogP contribution in [0.1, 0.15) is 25.7 Å². The number of hydrogen-bond donors (Lipinski definition) is 2. The van der Waals surface area contributed by atoms with Crippen molar-refractivity contribution in [3.05, 3.63) is 30.3 Å². The van der Waals surface area contributed by atoms with E-state index in [4.69, 9.17) is 11.5 Å². The lowest BCUT2D eigenvalue weighted by molar-refractivity contribution is -0.137. The molecule has 2 N–H and O–H groups in total. The number of unbranched alkanes of at least 4 members (excludes halogenated alkanes) is 1. The summed E-state index contributed by atoms with van der Waals surface area (Å²) < 4.78 is 0. The van der Waals surface area contributed by atoms with Gasteiger partial charge in [0.25, 0.3) is 0 Å². The van der Waals surface area contributed by atoms with Crippen molar-refractivity contribution in [3.8, 4) is 12.3 Å². The lowest BCUT2D eigenvalue weighted by atomic mass is 10.2. The number of carbonyl (C=O) groups excluding carboxylic acids is 1. The van der Waals surface area contributed by atoms with E-state index >= 15 is 0 Å². The van der Waals surface area contributed by atoms with Crippen LogP contribution in [-0.2, 0) is 4.79 Å². The lowest BCUT2D eigenvalue weighted by Crippen LogP contribution is -2.41. The molecule has 0 saturated carbocycles. The summed E-state index contributed by atoms with van der Waals surface area (Å²) in [7, 11) is 0. The molecular formula is C16H20N2O3. The molecule has 1 aromatic carbocycles. The van der Waals surface area contributed by atoms with Gasteiger partial charge in [-0.25, -0.2) is 4.79 Å². The van der Waals surface area contributed by atoms with Gasteiger partial charge in [-0.3, -0.25) is 9.69 Å². The molecule has 0 atom stereocenters. The monoisotopic (exact) mass is 288 g/mol. The van der Waals surface area contributed by atoms with Gasteiger partial charge < -0.3 is 10.4 Å². The van der Waals surface area contributed by atoms with Crippen molar-refractivity contribution >= 4 is 17.7 Å². The Morgan fingerprint density at radius 2 is 1.95 bits per heavy atom. The first-order valence-corrected chi connectivity index (χ1v) is 6.91. The van der Waals surface area contributed by atoms with Crippen molar-refractivity contribution < 1.29 is 14.7 Å². The van der Waals surface area contributed by atoms with Gasteiger partial charge in [0.2, 0.25) is 0 Å². The molecule has 5 nitrogen and oxygen atoms in total. The molecule has 0 aliphatic carbocycles. The van der Waals surface area contributed by atoms with Crippen molar-refractivity contribution in [1.82, 2.24) is 5.32 Å². The van der Waals surface area contributed by atoms with E-state index in [9.17, 15) is 9.59 Å². The summed E-state index contributed by atoms with van der Waals surface area (Å²) in [6.07, 6.45) is 6.94. The SMILES string of the molecule is C#CCCCNC(=O)N(CCCC(=O)O)c1ccccc1. The van der Waals surface area contributed by atoms with Crippen molar-refractivity contribution in [2.45, 2.75) is 25.7 Å². The van der Waals surface area contributed by atoms with Crippen LogP contribution in [0.2, 0.25) is 0 Å². The highest BCUT2D eigenvalue weighted by Crippen LogP contribution is 2.14. The number of terminal acetylenes is 1. The first-order chi connectivity index (χ1) is 10.1. The number of hydrogen-bond acceptors (Lipinski definition) is 2. The second-order valence-electron chi connectivity index (χ2n) is 4.52. The first-order valence-electron chi connectivity index (χ1n) is 6.91. The summed E-state index contributed by atoms with van der Waals surface area (Å²) in [6.45, 7) is 0.864. The van der Waals surface area contributed by atoms with Gasteiger partial charge in [0.1, 0.15) is 0 Å². The van der Waals surface area contributed by atoms with E-state index in [0.717, 1.165) is 12.1 Å². The zero-order chi connectivity index (χ0) is 15.5. The van der Waals surface area contributed by atoms with Crippen LogP contribution < -0.4 is 10.2 Å². The molecule has 21 heavy (non-hydrogen) atoms. The summed E-state index contributed by atoms with van der Waals surface area (Å²) >= 11 is 0. The van der Waals surface area contributed by atoms with Gasteiger partial charge in [0, 0.05) is 31.6 Å². The number of para-hydroxylation sites is 1. The van der Waals surface area contributed by atoms with Crippen LogP contribution in [0, 0.1) is 12.3 Å². The van der Waals surface area contributed by atoms with Crippen molar-refractivity contribution in [3.63, 3.8) is 0 Å². The number of urea groups is 1. The van der Waals surface area contributed by atoms with Crippen LogP contribution in [0.5, 0.6) is 0 Å². The predicted molar refractivity (Wildman–Crippen MR) is 82.1 cm³/mol. The molecule has 0 fully saturated rings. The highest BCUT2D eigenvalue weighted by atomic mass is 16.4. The minimum Gasteiger partial charge on any atom is -0.481 e. The van der Waals surface area contributed by atoms with Crippen LogP contribution in [0.3, 0.4) is 0 Å². The molecule has 5 heteroatoms. The van der Waals surface area contributed by atoms with E-state index in [1.807, 2.05) is 30.3 Å². The number of carboxylic acid groups (broad SMARTS) is 1. The van der Waals surface area contributed by atoms with Crippen molar-refractivity contribution in [2.75, 3.05) is 18.0 Å². The highest BCUT2D eigenvalue weighted by Gasteiger charge is 2.15. The number of aliphatic carboxylic acids is 1. The average Bonchev–Trinajstić information content (AvgIpc) is 2.48. The van der Waals surface area contributed by atoms with Crippen LogP contribution >= 0.6 is 0 Å². The third-order valence-corrected chi connectivity index (χ3v) is 2.86. The second kappa shape index (κ2) is 9.43. The summed E-state index contributed by atoms with van der Waals surface area (Å²) in [4.78, 5) is 24.3. The maximum atomic E-state index is 12.2. The van der Waals surface area contributed by atoms with Gasteiger partial charge in [0.15, 0.2) is 0 Å². The molecule has 0 saturated heterocycles. The van der Waals surface area contributed by atoms with Gasteiger partial charge >= 0.3 is 12.0 Å². The Morgan fingerprint density at radius 3 is 2.57 bits per heavy atom. The molecular weight excluding hydrogens is 268 g/mol. The summed E-state index contributed by atoms with van der Waals surface area (Å²) in [5.41, 5.74) is 0.748. The van der Waals surface area contributed by atoms with Crippen molar-refractivity contribution in [1.29, 1.82) is 0 Å². The Labute approximate surface area is 125 Å². The standard InChI is InChI=1S/C16H20N2O3/c1-2-3-7-12-17-16(21)18(13-8-11-15(19)20)14-9-5-4-6-10-14/h1,4-6,9-10H,3,7-8,11-13H2,(H,17,21)(H,19,20). The minimum absolute atomic E-state index is 0.0354. The minimum atomic E-state index is -0.863. The van der Waals surface area contributed by atoms with Crippen molar-refractivity contribution in [2.24, 2.45) is 0 Å². The van der Waals surface area contributed by atoms with Gasteiger partial charge in [0.05, 0.1) is 0 Å². The fourth-order valence-electron chi connectivity index (χ4n) is 1.83. The smallest absolute Gasteiger partial charge is 0.321 e. The number of carbonyl (C=O) groups is 2. The van der Waals surface area contributed by atoms with E-state index in [-0.39, 0.29) is 12.5 Å². The fourth-order valence-corrected chi connectivity index (χ4v) is 1.83. The molecule has 112 valence electrons. The lowest BCUT2D eigenvalue weighted by Gasteiger charge is -2.23. The largest absolute Gasteiger partial charge is 0.481 e. The zero-order valence-corrected chi connectivity index (χ0v) is 11.9. The first kappa shape index (κ1) is 16.6. The van der Waals surface area contributed by atoms with Gasteiger partial charge in [-0.1, -0.05) is 18.2 Å². The fraction of sp³-hybridized carbons (Fsp3) is 0.375. The molecule has 0 spiro atoms. The molecule has 0 aromatic heterocycles. The Hall–Kier alpha value is -2.48. The van der Waals surface area contributed by atoms with E-state index in [2.05, 4.69) is 11.2 Å². The summed E-state index contributed by atoms with van der Waals surface area (Å²) in [5.74, 6) is 1.66. The van der Waals surface area contributed by atoms with E-state index < -0.39 is 5.97 Å². The number of carboxylic acids is 1. The molecule has 0 bridgehead atoms. The zero-order valence-electron chi connectivity index (χ0n) is 11.9. The van der Waals surface area contributed by atoms with Crippen LogP contribution in [0.25, 0.3) is 0 Å². The molecule has 0 unspecified atom stereocenters. The van der Waals surface area contributed by atoms with Gasteiger partial charge in [-0.05, 0) is 25.0 Å². The van der Waals surface area contributed by atoms with Crippen LogP contribution in [0.15, 0.2) is 30.3 Å². The Kier molecular flexibility index (Phi) is 7.44. The van der Waals surface area contributed by atoms with E-state index in [0.29, 0.717) is 25.9 Å². The number of benzene rings is 1. The quantitative estimate of drug-likeness (QED) is 0.570. The normalized spacial score (nSPS) is 9.67. The maximum absolute atomic E-state index is 12.2. The molecule has 0 aliphatic rings. The Morgan fingerprint density at radius 1 is 1.24 bits per heavy atom. The van der Waals surface area contributed by atoms with Crippen LogP contribution in [-0.4, -0.2) is 30.2 Å². The predicted octanol–water partition coefficient (Wildman–Crippen LogP) is 2.48. The third-order valence-electron chi connectivity index (χ3n) is 2.86. The number of nitrogens with one attached hydrogen (secondary N) is 1. The highest BCUT2D eigenvalue weighted by molar-refractivity contribution is 5.91. The molecule has 0 radical (unpaired) electrons. The summed E-state index contributed by atoms with van der Waals surface area (Å²) in [5, 5.41) is 11.5.